The molecule has 0 unspecified atom stereocenters. The van der Waals surface area contributed by atoms with E-state index in [0.29, 0.717) is 24.2 Å². The fourth-order valence-electron chi connectivity index (χ4n) is 1.76. The molecule has 0 saturated carbocycles. The van der Waals surface area contributed by atoms with Gasteiger partial charge in [0, 0.05) is 24.2 Å². The molecule has 0 fully saturated rings. The van der Waals surface area contributed by atoms with Gasteiger partial charge >= 0.3 is 0 Å². The van der Waals surface area contributed by atoms with E-state index >= 15 is 0 Å². The fourth-order valence-corrected chi connectivity index (χ4v) is 2.57. The summed E-state index contributed by atoms with van der Waals surface area (Å²) in [6.07, 6.45) is 0.301. The van der Waals surface area contributed by atoms with Gasteiger partial charge in [0.2, 0.25) is 15.9 Å². The highest BCUT2D eigenvalue weighted by molar-refractivity contribution is 7.89. The number of nitrogens with one attached hydrogen (secondary N) is 2. The van der Waals surface area contributed by atoms with Gasteiger partial charge in [0.05, 0.1) is 4.90 Å². The van der Waals surface area contributed by atoms with Gasteiger partial charge in [0.1, 0.15) is 0 Å². The molecule has 118 valence electrons. The molecule has 1 rings (SSSR count). The van der Waals surface area contributed by atoms with Crippen LogP contribution in [-0.2, 0) is 14.8 Å². The molecule has 0 aliphatic carbocycles. The van der Waals surface area contributed by atoms with Gasteiger partial charge in [-0.1, -0.05) is 6.07 Å². The van der Waals surface area contributed by atoms with Crippen molar-refractivity contribution < 1.29 is 13.2 Å². The first-order valence-electron chi connectivity index (χ1n) is 6.67. The van der Waals surface area contributed by atoms with Crippen LogP contribution in [0.25, 0.3) is 0 Å². The maximum absolute atomic E-state index is 11.8. The first-order valence-corrected chi connectivity index (χ1v) is 8.22. The zero-order valence-electron chi connectivity index (χ0n) is 12.9. The molecule has 0 spiro atoms. The van der Waals surface area contributed by atoms with Gasteiger partial charge < -0.3 is 10.6 Å². The van der Waals surface area contributed by atoms with Crippen LogP contribution in [0.1, 0.15) is 32.8 Å². The molecule has 0 heterocycles. The zero-order valence-corrected chi connectivity index (χ0v) is 13.7. The molecule has 1 amide bonds. The molecule has 0 radical (unpaired) electrons. The minimum absolute atomic E-state index is 0.0214. The van der Waals surface area contributed by atoms with Gasteiger partial charge in [-0.3, -0.25) is 4.79 Å². The normalized spacial score (nSPS) is 12.2. The average molecular weight is 313 g/mol. The highest BCUT2D eigenvalue weighted by Crippen LogP contribution is 2.19. The highest BCUT2D eigenvalue weighted by atomic mass is 32.2. The number of primary sulfonamides is 1. The summed E-state index contributed by atoms with van der Waals surface area (Å²) in [5.74, 6) is -0.184. The Labute approximate surface area is 126 Å². The van der Waals surface area contributed by atoms with E-state index in [-0.39, 0.29) is 16.3 Å². The third-order valence-electron chi connectivity index (χ3n) is 2.79. The summed E-state index contributed by atoms with van der Waals surface area (Å²) in [4.78, 5) is 11.8. The minimum Gasteiger partial charge on any atom is -0.326 e. The quantitative estimate of drug-likeness (QED) is 0.764. The molecule has 1 aromatic carbocycles. The lowest BCUT2D eigenvalue weighted by atomic mass is 10.1. The number of hydrogen-bond donors (Lipinski definition) is 3. The highest BCUT2D eigenvalue weighted by Gasteiger charge is 2.14. The second kappa shape index (κ2) is 6.55. The Morgan fingerprint density at radius 2 is 1.90 bits per heavy atom. The molecule has 0 aromatic heterocycles. The van der Waals surface area contributed by atoms with Crippen LogP contribution >= 0.6 is 0 Å². The van der Waals surface area contributed by atoms with Gasteiger partial charge in [-0.2, -0.15) is 0 Å². The maximum Gasteiger partial charge on any atom is 0.238 e. The van der Waals surface area contributed by atoms with Gasteiger partial charge in [0.15, 0.2) is 0 Å². The molecule has 1 aromatic rings. The molecular weight excluding hydrogens is 290 g/mol. The summed E-state index contributed by atoms with van der Waals surface area (Å²) < 4.78 is 22.9. The standard InChI is InChI=1S/C14H23N3O3S/c1-10-5-6-11(9-12(10)21(15,19)20)17-13(18)7-8-16-14(2,3)4/h5-6,9,16H,7-8H2,1-4H3,(H,17,18)(H2,15,19,20). The molecule has 0 aliphatic heterocycles. The number of carbonyl (C=O) groups excluding carboxylic acids is 1. The minimum atomic E-state index is -3.79. The van der Waals surface area contributed by atoms with Crippen molar-refractivity contribution in [2.75, 3.05) is 11.9 Å². The zero-order chi connectivity index (χ0) is 16.3. The summed E-state index contributed by atoms with van der Waals surface area (Å²) in [7, 11) is -3.79. The number of anilines is 1. The van der Waals surface area contributed by atoms with E-state index in [9.17, 15) is 13.2 Å². The van der Waals surface area contributed by atoms with Crippen molar-refractivity contribution in [3.05, 3.63) is 23.8 Å². The molecule has 0 atom stereocenters. The monoisotopic (exact) mass is 313 g/mol. The van der Waals surface area contributed by atoms with Crippen LogP contribution in [-0.4, -0.2) is 26.4 Å². The van der Waals surface area contributed by atoms with Gasteiger partial charge in [0.25, 0.3) is 0 Å². The van der Waals surface area contributed by atoms with E-state index in [1.165, 1.54) is 6.07 Å². The first-order chi connectivity index (χ1) is 9.49. The predicted molar refractivity (Wildman–Crippen MR) is 83.6 cm³/mol. The van der Waals surface area contributed by atoms with E-state index in [0.717, 1.165) is 0 Å². The number of carbonyl (C=O) groups is 1. The first kappa shape index (κ1) is 17.6. The number of rotatable bonds is 5. The number of sulfonamides is 1. The van der Waals surface area contributed by atoms with Crippen LogP contribution < -0.4 is 15.8 Å². The average Bonchev–Trinajstić information content (AvgIpc) is 2.28. The van der Waals surface area contributed by atoms with E-state index in [1.54, 1.807) is 19.1 Å². The van der Waals surface area contributed by atoms with Crippen molar-refractivity contribution in [2.24, 2.45) is 5.14 Å². The van der Waals surface area contributed by atoms with Crippen LogP contribution in [0, 0.1) is 6.92 Å². The Kier molecular flexibility index (Phi) is 5.49. The van der Waals surface area contributed by atoms with Crippen molar-refractivity contribution in [1.82, 2.24) is 5.32 Å². The molecule has 4 N–H and O–H groups in total. The van der Waals surface area contributed by atoms with Crippen LogP contribution in [0.5, 0.6) is 0 Å². The van der Waals surface area contributed by atoms with Crippen molar-refractivity contribution in [1.29, 1.82) is 0 Å². The SMILES string of the molecule is Cc1ccc(NC(=O)CCNC(C)(C)C)cc1S(N)(=O)=O. The number of benzene rings is 1. The predicted octanol–water partition coefficient (Wildman–Crippen LogP) is 1.36. The molecule has 6 nitrogen and oxygen atoms in total. The van der Waals surface area contributed by atoms with Crippen molar-refractivity contribution in [3.63, 3.8) is 0 Å². The summed E-state index contributed by atoms with van der Waals surface area (Å²) in [6.45, 7) is 8.25. The van der Waals surface area contributed by atoms with E-state index in [2.05, 4.69) is 10.6 Å². The largest absolute Gasteiger partial charge is 0.326 e. The van der Waals surface area contributed by atoms with Gasteiger partial charge in [-0.05, 0) is 45.4 Å². The lowest BCUT2D eigenvalue weighted by Gasteiger charge is -2.20. The lowest BCUT2D eigenvalue weighted by molar-refractivity contribution is -0.116. The fraction of sp³-hybridized carbons (Fsp3) is 0.500. The number of amides is 1. The molecule has 0 saturated heterocycles. The molecule has 21 heavy (non-hydrogen) atoms. The smallest absolute Gasteiger partial charge is 0.238 e. The van der Waals surface area contributed by atoms with E-state index in [1.807, 2.05) is 20.8 Å². The molecular formula is C14H23N3O3S. The number of nitrogens with two attached hydrogens (primary N) is 1. The van der Waals surface area contributed by atoms with Crippen molar-refractivity contribution >= 4 is 21.6 Å². The van der Waals surface area contributed by atoms with E-state index in [4.69, 9.17) is 5.14 Å². The van der Waals surface area contributed by atoms with Crippen LogP contribution in [0.15, 0.2) is 23.1 Å². The number of hydrogen-bond acceptors (Lipinski definition) is 4. The topological polar surface area (TPSA) is 101 Å². The maximum atomic E-state index is 11.8. The summed E-state index contributed by atoms with van der Waals surface area (Å²) >= 11 is 0. The summed E-state index contributed by atoms with van der Waals surface area (Å²) in [6, 6.07) is 4.64. The molecule has 7 heteroatoms. The van der Waals surface area contributed by atoms with Crippen molar-refractivity contribution in [3.8, 4) is 0 Å². The molecule has 0 aliphatic rings. The summed E-state index contributed by atoms with van der Waals surface area (Å²) in [5, 5.41) is 11.0. The van der Waals surface area contributed by atoms with Crippen LogP contribution in [0.3, 0.4) is 0 Å². The van der Waals surface area contributed by atoms with Gasteiger partial charge in [-0.25, -0.2) is 13.6 Å². The second-order valence-corrected chi connectivity index (χ2v) is 7.53. The van der Waals surface area contributed by atoms with Crippen LogP contribution in [0.2, 0.25) is 0 Å². The Bertz CT molecular complexity index is 619. The third kappa shape index (κ3) is 6.24. The Balaban J connectivity index is 2.70. The Hall–Kier alpha value is -1.44. The van der Waals surface area contributed by atoms with Crippen LogP contribution in [0.4, 0.5) is 5.69 Å². The second-order valence-electron chi connectivity index (χ2n) is 6.00. The Morgan fingerprint density at radius 1 is 1.29 bits per heavy atom. The van der Waals surface area contributed by atoms with Gasteiger partial charge in [-0.15, -0.1) is 0 Å². The van der Waals surface area contributed by atoms with E-state index < -0.39 is 10.0 Å². The lowest BCUT2D eigenvalue weighted by Crippen LogP contribution is -2.37. The number of aryl methyl sites for hydroxylation is 1. The van der Waals surface area contributed by atoms with Crippen molar-refractivity contribution in [2.45, 2.75) is 44.6 Å². The molecule has 0 bridgehead atoms. The third-order valence-corrected chi connectivity index (χ3v) is 3.84. The Morgan fingerprint density at radius 3 is 2.43 bits per heavy atom. The summed E-state index contributed by atoms with van der Waals surface area (Å²) in [5.41, 5.74) is 0.917.